The minimum atomic E-state index is -0.00428. The fourth-order valence-corrected chi connectivity index (χ4v) is 3.27. The zero-order chi connectivity index (χ0) is 16.6. The van der Waals surface area contributed by atoms with Crippen LogP contribution in [0, 0.1) is 13.8 Å². The van der Waals surface area contributed by atoms with Gasteiger partial charge in [0, 0.05) is 21.7 Å². The van der Waals surface area contributed by atoms with Crippen LogP contribution in [0.4, 0.5) is 0 Å². The average Bonchev–Trinajstić information content (AvgIpc) is 2.80. The van der Waals surface area contributed by atoms with Gasteiger partial charge in [0.15, 0.2) is 0 Å². The van der Waals surface area contributed by atoms with Gasteiger partial charge in [0.1, 0.15) is 0 Å². The second-order valence-electron chi connectivity index (χ2n) is 5.98. The summed E-state index contributed by atoms with van der Waals surface area (Å²) in [5.41, 5.74) is 5.15. The summed E-state index contributed by atoms with van der Waals surface area (Å²) >= 11 is 5.93. The Balaban J connectivity index is 2.22. The molecule has 0 fully saturated rings. The highest BCUT2D eigenvalue weighted by molar-refractivity contribution is 6.30. The molecule has 0 saturated heterocycles. The summed E-state index contributed by atoms with van der Waals surface area (Å²) in [4.78, 5) is 13.0. The molecule has 0 atom stereocenters. The van der Waals surface area contributed by atoms with Crippen molar-refractivity contribution in [3.05, 3.63) is 69.9 Å². The van der Waals surface area contributed by atoms with E-state index in [0.29, 0.717) is 10.6 Å². The summed E-state index contributed by atoms with van der Waals surface area (Å²) in [5.74, 6) is -0.00428. The minimum Gasteiger partial charge on any atom is -0.280 e. The molecular formula is C20H20ClNO. The first-order chi connectivity index (χ1) is 11.0. The van der Waals surface area contributed by atoms with Crippen LogP contribution >= 0.6 is 11.6 Å². The van der Waals surface area contributed by atoms with Gasteiger partial charge in [-0.25, -0.2) is 0 Å². The number of halogens is 1. The maximum Gasteiger partial charge on any atom is 0.262 e. The van der Waals surface area contributed by atoms with E-state index in [9.17, 15) is 4.79 Å². The lowest BCUT2D eigenvalue weighted by atomic mass is 10.0. The van der Waals surface area contributed by atoms with Crippen LogP contribution in [0.3, 0.4) is 0 Å². The van der Waals surface area contributed by atoms with Crippen molar-refractivity contribution in [1.29, 1.82) is 0 Å². The van der Waals surface area contributed by atoms with E-state index < -0.39 is 0 Å². The molecule has 23 heavy (non-hydrogen) atoms. The first kappa shape index (κ1) is 15.8. The van der Waals surface area contributed by atoms with Crippen LogP contribution in [0.15, 0.2) is 42.5 Å². The Hall–Kier alpha value is -2.06. The molecule has 0 aliphatic rings. The van der Waals surface area contributed by atoms with E-state index in [1.807, 2.05) is 17.6 Å². The van der Waals surface area contributed by atoms with Crippen molar-refractivity contribution in [2.45, 2.75) is 33.6 Å². The topological polar surface area (TPSA) is 22.0 Å². The van der Waals surface area contributed by atoms with Crippen LogP contribution in [0.25, 0.3) is 10.9 Å². The summed E-state index contributed by atoms with van der Waals surface area (Å²) in [6.07, 6.45) is 2.04. The third kappa shape index (κ3) is 2.79. The van der Waals surface area contributed by atoms with Crippen LogP contribution in [0.1, 0.15) is 40.5 Å². The van der Waals surface area contributed by atoms with Crippen LogP contribution in [0.5, 0.6) is 0 Å². The number of fused-ring (bicyclic) bond motifs is 1. The Morgan fingerprint density at radius 1 is 1.09 bits per heavy atom. The maximum absolute atomic E-state index is 13.0. The molecule has 0 spiro atoms. The van der Waals surface area contributed by atoms with E-state index in [4.69, 9.17) is 11.6 Å². The van der Waals surface area contributed by atoms with Gasteiger partial charge in [-0.05, 0) is 62.2 Å². The van der Waals surface area contributed by atoms with Crippen molar-refractivity contribution < 1.29 is 4.79 Å². The summed E-state index contributed by atoms with van der Waals surface area (Å²) < 4.78 is 1.84. The van der Waals surface area contributed by atoms with Gasteiger partial charge in [-0.2, -0.15) is 0 Å². The molecule has 0 radical (unpaired) electrons. The molecule has 0 saturated carbocycles. The van der Waals surface area contributed by atoms with E-state index in [0.717, 1.165) is 24.1 Å². The van der Waals surface area contributed by atoms with Gasteiger partial charge in [-0.3, -0.25) is 9.36 Å². The highest BCUT2D eigenvalue weighted by Crippen LogP contribution is 2.29. The quantitative estimate of drug-likeness (QED) is 0.618. The van der Waals surface area contributed by atoms with Gasteiger partial charge >= 0.3 is 0 Å². The highest BCUT2D eigenvalue weighted by atomic mass is 35.5. The van der Waals surface area contributed by atoms with Gasteiger partial charge < -0.3 is 0 Å². The number of aryl methyl sites for hydroxylation is 2. The predicted molar refractivity (Wildman–Crippen MR) is 96.6 cm³/mol. The van der Waals surface area contributed by atoms with Crippen LogP contribution in [0.2, 0.25) is 5.02 Å². The van der Waals surface area contributed by atoms with E-state index >= 15 is 0 Å². The minimum absolute atomic E-state index is 0.00428. The predicted octanol–water partition coefficient (Wildman–Crippen LogP) is 5.55. The van der Waals surface area contributed by atoms with Crippen molar-refractivity contribution >= 4 is 28.4 Å². The van der Waals surface area contributed by atoms with E-state index in [1.54, 1.807) is 24.3 Å². The first-order valence-electron chi connectivity index (χ1n) is 7.93. The maximum atomic E-state index is 13.0. The Morgan fingerprint density at radius 2 is 1.78 bits per heavy atom. The molecule has 3 heteroatoms. The summed E-state index contributed by atoms with van der Waals surface area (Å²) in [5, 5.41) is 1.82. The van der Waals surface area contributed by atoms with Crippen LogP contribution in [-0.4, -0.2) is 10.5 Å². The number of nitrogens with zero attached hydrogens (tertiary/aromatic N) is 1. The molecule has 1 aromatic heterocycles. The van der Waals surface area contributed by atoms with Gasteiger partial charge in [0.2, 0.25) is 0 Å². The number of benzene rings is 2. The zero-order valence-electron chi connectivity index (χ0n) is 13.7. The summed E-state index contributed by atoms with van der Waals surface area (Å²) in [6.45, 7) is 6.29. The highest BCUT2D eigenvalue weighted by Gasteiger charge is 2.19. The standard InChI is InChI=1S/C20H20ClNO/c1-4-5-17-14(3)22(19-11-6-13(2)12-18(17)19)20(23)15-7-9-16(21)10-8-15/h6-12H,4-5H2,1-3H3. The number of carbonyl (C=O) groups excluding carboxylic acids is 1. The Bertz CT molecular complexity index is 875. The molecule has 3 rings (SSSR count). The van der Waals surface area contributed by atoms with Crippen molar-refractivity contribution in [3.8, 4) is 0 Å². The number of aromatic nitrogens is 1. The fourth-order valence-electron chi connectivity index (χ4n) is 3.15. The zero-order valence-corrected chi connectivity index (χ0v) is 14.4. The SMILES string of the molecule is CCCc1c(C)n(C(=O)c2ccc(Cl)cc2)c2ccc(C)cc12. The third-order valence-corrected chi connectivity index (χ3v) is 4.54. The summed E-state index contributed by atoms with van der Waals surface area (Å²) in [6, 6.07) is 13.4. The second-order valence-corrected chi connectivity index (χ2v) is 6.42. The van der Waals surface area contributed by atoms with Crippen molar-refractivity contribution in [2.75, 3.05) is 0 Å². The number of hydrogen-bond acceptors (Lipinski definition) is 1. The Labute approximate surface area is 141 Å². The van der Waals surface area contributed by atoms with E-state index in [1.165, 1.54) is 16.5 Å². The third-order valence-electron chi connectivity index (χ3n) is 4.28. The number of carbonyl (C=O) groups is 1. The number of hydrogen-bond donors (Lipinski definition) is 0. The molecule has 118 valence electrons. The van der Waals surface area contributed by atoms with E-state index in [-0.39, 0.29) is 5.91 Å². The molecule has 0 amide bonds. The van der Waals surface area contributed by atoms with Gasteiger partial charge in [0.05, 0.1) is 5.52 Å². The average molecular weight is 326 g/mol. The lowest BCUT2D eigenvalue weighted by Gasteiger charge is -2.08. The van der Waals surface area contributed by atoms with Crippen molar-refractivity contribution in [3.63, 3.8) is 0 Å². The number of rotatable bonds is 3. The largest absolute Gasteiger partial charge is 0.280 e. The lowest BCUT2D eigenvalue weighted by Crippen LogP contribution is -2.13. The summed E-state index contributed by atoms with van der Waals surface area (Å²) in [7, 11) is 0. The molecule has 0 aliphatic carbocycles. The molecule has 3 aromatic rings. The molecule has 0 N–H and O–H groups in total. The van der Waals surface area contributed by atoms with Gasteiger partial charge in [-0.1, -0.05) is 36.6 Å². The lowest BCUT2D eigenvalue weighted by molar-refractivity contribution is 0.0963. The van der Waals surface area contributed by atoms with Gasteiger partial charge in [0.25, 0.3) is 5.91 Å². The molecule has 0 unspecified atom stereocenters. The molecule has 0 aliphatic heterocycles. The second kappa shape index (κ2) is 6.21. The normalized spacial score (nSPS) is 11.1. The van der Waals surface area contributed by atoms with E-state index in [2.05, 4.69) is 26.0 Å². The van der Waals surface area contributed by atoms with Crippen molar-refractivity contribution in [1.82, 2.24) is 4.57 Å². The fraction of sp³-hybridized carbons (Fsp3) is 0.250. The first-order valence-corrected chi connectivity index (χ1v) is 8.31. The molecule has 0 bridgehead atoms. The Morgan fingerprint density at radius 3 is 2.43 bits per heavy atom. The molecule has 2 nitrogen and oxygen atoms in total. The van der Waals surface area contributed by atoms with Crippen molar-refractivity contribution in [2.24, 2.45) is 0 Å². The molecule has 1 heterocycles. The smallest absolute Gasteiger partial charge is 0.262 e. The monoisotopic (exact) mass is 325 g/mol. The van der Waals surface area contributed by atoms with Crippen LogP contribution in [-0.2, 0) is 6.42 Å². The molecular weight excluding hydrogens is 306 g/mol. The van der Waals surface area contributed by atoms with Crippen LogP contribution < -0.4 is 0 Å². The Kier molecular flexibility index (Phi) is 4.27. The molecule has 2 aromatic carbocycles. The van der Waals surface area contributed by atoms with Gasteiger partial charge in [-0.15, -0.1) is 0 Å².